The maximum Gasteiger partial charge on any atom is 0.307 e. The molecule has 0 aliphatic carbocycles. The van der Waals surface area contributed by atoms with Crippen molar-refractivity contribution >= 4 is 44.4 Å². The molecule has 0 fully saturated rings. The Morgan fingerprint density at radius 2 is 2.04 bits per heavy atom. The Balaban J connectivity index is 2.34. The van der Waals surface area contributed by atoms with Crippen molar-refractivity contribution in [1.29, 1.82) is 0 Å². The van der Waals surface area contributed by atoms with Gasteiger partial charge >= 0.3 is 5.97 Å². The smallest absolute Gasteiger partial charge is 0.307 e. The molecule has 1 heterocycles. The zero-order valence-electron chi connectivity index (χ0n) is 12.6. The molecule has 1 aromatic heterocycles. The molecule has 122 valence electrons. The molecule has 0 radical (unpaired) electrons. The van der Waals surface area contributed by atoms with E-state index in [2.05, 4.69) is 20.9 Å². The number of benzene rings is 2. The standard InChI is InChI=1S/C18H12BrClFNO2/c1-9-12-7-11(19)3-5-16(12)22-18(13(9)8-17(23)24)10-2-4-15(21)14(20)6-10/h2-7H,8H2,1H3,(H,23,24). The Hall–Kier alpha value is -1.98. The van der Waals surface area contributed by atoms with E-state index in [4.69, 9.17) is 11.6 Å². The molecule has 0 aliphatic heterocycles. The number of aliphatic carboxylic acids is 1. The fourth-order valence-electron chi connectivity index (χ4n) is 2.68. The van der Waals surface area contributed by atoms with Crippen LogP contribution >= 0.6 is 27.5 Å². The molecule has 0 bridgehead atoms. The van der Waals surface area contributed by atoms with Gasteiger partial charge in [-0.25, -0.2) is 9.37 Å². The zero-order valence-corrected chi connectivity index (χ0v) is 14.9. The van der Waals surface area contributed by atoms with Gasteiger partial charge in [-0.05, 0) is 54.4 Å². The largest absolute Gasteiger partial charge is 0.481 e. The van der Waals surface area contributed by atoms with Crippen LogP contribution < -0.4 is 0 Å². The second-order valence-electron chi connectivity index (χ2n) is 5.42. The lowest BCUT2D eigenvalue weighted by molar-refractivity contribution is -0.136. The Labute approximate surface area is 151 Å². The van der Waals surface area contributed by atoms with Crippen LogP contribution in [0, 0.1) is 12.7 Å². The van der Waals surface area contributed by atoms with E-state index in [1.807, 2.05) is 25.1 Å². The van der Waals surface area contributed by atoms with Gasteiger partial charge in [0.05, 0.1) is 22.7 Å². The average molecular weight is 409 g/mol. The van der Waals surface area contributed by atoms with E-state index in [9.17, 15) is 14.3 Å². The van der Waals surface area contributed by atoms with Gasteiger partial charge in [-0.1, -0.05) is 27.5 Å². The van der Waals surface area contributed by atoms with Crippen LogP contribution in [0.1, 0.15) is 11.1 Å². The van der Waals surface area contributed by atoms with Crippen molar-refractivity contribution in [2.75, 3.05) is 0 Å². The molecule has 0 aliphatic rings. The predicted molar refractivity (Wildman–Crippen MR) is 95.9 cm³/mol. The molecule has 0 spiro atoms. The van der Waals surface area contributed by atoms with Gasteiger partial charge in [0.15, 0.2) is 0 Å². The van der Waals surface area contributed by atoms with Crippen molar-refractivity contribution in [2.45, 2.75) is 13.3 Å². The third kappa shape index (κ3) is 3.14. The summed E-state index contributed by atoms with van der Waals surface area (Å²) in [6, 6.07) is 9.90. The van der Waals surface area contributed by atoms with E-state index in [1.54, 1.807) is 6.07 Å². The SMILES string of the molecule is Cc1c(CC(=O)O)c(-c2ccc(F)c(Cl)c2)nc2ccc(Br)cc12. The van der Waals surface area contributed by atoms with Crippen molar-refractivity contribution in [1.82, 2.24) is 4.98 Å². The first kappa shape index (κ1) is 16.9. The normalized spacial score (nSPS) is 11.0. The molecule has 3 aromatic rings. The molecular weight excluding hydrogens is 397 g/mol. The minimum atomic E-state index is -0.955. The van der Waals surface area contributed by atoms with Gasteiger partial charge in [0.2, 0.25) is 0 Å². The van der Waals surface area contributed by atoms with Gasteiger partial charge in [0.25, 0.3) is 0 Å². The van der Waals surface area contributed by atoms with E-state index in [1.165, 1.54) is 12.1 Å². The number of hydrogen-bond acceptors (Lipinski definition) is 2. The third-order valence-electron chi connectivity index (χ3n) is 3.85. The van der Waals surface area contributed by atoms with Crippen LogP contribution in [0.25, 0.3) is 22.2 Å². The lowest BCUT2D eigenvalue weighted by Gasteiger charge is -2.14. The molecule has 3 rings (SSSR count). The molecule has 0 amide bonds. The fraction of sp³-hybridized carbons (Fsp3) is 0.111. The number of carbonyl (C=O) groups is 1. The first-order valence-electron chi connectivity index (χ1n) is 7.13. The second kappa shape index (κ2) is 6.49. The summed E-state index contributed by atoms with van der Waals surface area (Å²) in [7, 11) is 0. The monoisotopic (exact) mass is 407 g/mol. The first-order chi connectivity index (χ1) is 11.4. The van der Waals surface area contributed by atoms with Gasteiger partial charge in [0, 0.05) is 15.4 Å². The molecule has 3 nitrogen and oxygen atoms in total. The highest BCUT2D eigenvalue weighted by Crippen LogP contribution is 2.33. The fourth-order valence-corrected chi connectivity index (χ4v) is 3.23. The highest BCUT2D eigenvalue weighted by molar-refractivity contribution is 9.10. The molecular formula is C18H12BrClFNO2. The van der Waals surface area contributed by atoms with Crippen LogP contribution in [0.4, 0.5) is 4.39 Å². The lowest BCUT2D eigenvalue weighted by Crippen LogP contribution is -2.06. The van der Waals surface area contributed by atoms with Crippen molar-refractivity contribution in [3.05, 3.63) is 62.8 Å². The van der Waals surface area contributed by atoms with Crippen LogP contribution in [0.15, 0.2) is 40.9 Å². The number of carboxylic acids is 1. The maximum absolute atomic E-state index is 13.5. The number of fused-ring (bicyclic) bond motifs is 1. The van der Waals surface area contributed by atoms with Gasteiger partial charge < -0.3 is 5.11 Å². The molecule has 0 atom stereocenters. The summed E-state index contributed by atoms with van der Waals surface area (Å²) in [6.07, 6.45) is -0.175. The van der Waals surface area contributed by atoms with Gasteiger partial charge in [-0.15, -0.1) is 0 Å². The summed E-state index contributed by atoms with van der Waals surface area (Å²) in [6.45, 7) is 1.86. The van der Waals surface area contributed by atoms with E-state index in [0.717, 1.165) is 20.9 Å². The second-order valence-corrected chi connectivity index (χ2v) is 6.75. The summed E-state index contributed by atoms with van der Waals surface area (Å²) < 4.78 is 14.3. The van der Waals surface area contributed by atoms with E-state index in [-0.39, 0.29) is 11.4 Å². The number of rotatable bonds is 3. The summed E-state index contributed by atoms with van der Waals surface area (Å²) >= 11 is 9.30. The van der Waals surface area contributed by atoms with Crippen LogP contribution in [0.3, 0.4) is 0 Å². The van der Waals surface area contributed by atoms with E-state index >= 15 is 0 Å². The summed E-state index contributed by atoms with van der Waals surface area (Å²) in [5.74, 6) is -1.48. The number of pyridine rings is 1. The maximum atomic E-state index is 13.5. The van der Waals surface area contributed by atoms with E-state index in [0.29, 0.717) is 16.8 Å². The molecule has 2 aromatic carbocycles. The van der Waals surface area contributed by atoms with Crippen LogP contribution in [-0.2, 0) is 11.2 Å². The third-order valence-corrected chi connectivity index (χ3v) is 4.64. The number of aryl methyl sites for hydroxylation is 1. The molecule has 0 saturated heterocycles. The van der Waals surface area contributed by atoms with Gasteiger partial charge in [0.1, 0.15) is 5.82 Å². The average Bonchev–Trinajstić information content (AvgIpc) is 2.53. The molecule has 0 saturated carbocycles. The van der Waals surface area contributed by atoms with Gasteiger partial charge in [-0.2, -0.15) is 0 Å². The number of halogens is 3. The number of nitrogens with zero attached hydrogens (tertiary/aromatic N) is 1. The highest BCUT2D eigenvalue weighted by Gasteiger charge is 2.17. The summed E-state index contributed by atoms with van der Waals surface area (Å²) in [5.41, 5.74) is 3.26. The van der Waals surface area contributed by atoms with Crippen LogP contribution in [0.5, 0.6) is 0 Å². The number of carboxylic acid groups (broad SMARTS) is 1. The Bertz CT molecular complexity index is 975. The van der Waals surface area contributed by atoms with Crippen molar-refractivity contribution in [3.8, 4) is 11.3 Å². The van der Waals surface area contributed by atoms with Gasteiger partial charge in [-0.3, -0.25) is 4.79 Å². The Morgan fingerprint density at radius 1 is 1.29 bits per heavy atom. The minimum absolute atomic E-state index is 0.0240. The van der Waals surface area contributed by atoms with Crippen LogP contribution in [-0.4, -0.2) is 16.1 Å². The van der Waals surface area contributed by atoms with Crippen molar-refractivity contribution in [3.63, 3.8) is 0 Å². The highest BCUT2D eigenvalue weighted by atomic mass is 79.9. The summed E-state index contributed by atoms with van der Waals surface area (Å²) in [5, 5.41) is 10.1. The topological polar surface area (TPSA) is 50.2 Å². The van der Waals surface area contributed by atoms with Crippen molar-refractivity contribution < 1.29 is 14.3 Å². The van der Waals surface area contributed by atoms with Crippen LogP contribution in [0.2, 0.25) is 5.02 Å². The predicted octanol–water partition coefficient (Wildman–Crippen LogP) is 5.39. The van der Waals surface area contributed by atoms with Crippen molar-refractivity contribution in [2.24, 2.45) is 0 Å². The molecule has 0 unspecified atom stereocenters. The molecule has 1 N–H and O–H groups in total. The Morgan fingerprint density at radius 3 is 2.71 bits per heavy atom. The quantitative estimate of drug-likeness (QED) is 0.632. The molecule has 24 heavy (non-hydrogen) atoms. The Kier molecular flexibility index (Phi) is 4.56. The first-order valence-corrected chi connectivity index (χ1v) is 8.30. The minimum Gasteiger partial charge on any atom is -0.481 e. The zero-order chi connectivity index (χ0) is 17.4. The summed E-state index contributed by atoms with van der Waals surface area (Å²) in [4.78, 5) is 15.9. The number of hydrogen-bond donors (Lipinski definition) is 1. The van der Waals surface area contributed by atoms with E-state index < -0.39 is 11.8 Å². The molecule has 6 heteroatoms. The number of aromatic nitrogens is 1. The lowest BCUT2D eigenvalue weighted by atomic mass is 9.95.